The molecule has 2 rings (SSSR count). The van der Waals surface area contributed by atoms with E-state index in [9.17, 15) is 13.2 Å². The molecule has 0 aliphatic carbocycles. The molecule has 0 aromatic heterocycles. The average molecular weight is 353 g/mol. The van der Waals surface area contributed by atoms with E-state index in [-0.39, 0.29) is 12.5 Å². The summed E-state index contributed by atoms with van der Waals surface area (Å²) in [6, 6.07) is 3.98. The first kappa shape index (κ1) is 18.9. The van der Waals surface area contributed by atoms with E-state index >= 15 is 0 Å². The van der Waals surface area contributed by atoms with Crippen LogP contribution in [0.1, 0.15) is 42.4 Å². The molecule has 2 N–H and O–H groups in total. The predicted octanol–water partition coefficient (Wildman–Crippen LogP) is 2.26. The number of carbonyl (C=O) groups excluding carboxylic acids is 1. The summed E-state index contributed by atoms with van der Waals surface area (Å²) in [4.78, 5) is 12.1. The Kier molecular flexibility index (Phi) is 6.37. The van der Waals surface area contributed by atoms with Gasteiger partial charge >= 0.3 is 0 Å². The molecule has 7 heteroatoms. The lowest BCUT2D eigenvalue weighted by Crippen LogP contribution is -2.44. The minimum atomic E-state index is -3.60. The summed E-state index contributed by atoms with van der Waals surface area (Å²) in [6.45, 7) is 6.64. The number of amides is 1. The van der Waals surface area contributed by atoms with Gasteiger partial charge in [-0.1, -0.05) is 30.5 Å². The van der Waals surface area contributed by atoms with Crippen LogP contribution in [0.15, 0.2) is 12.1 Å². The topological polar surface area (TPSA) is 78.5 Å². The van der Waals surface area contributed by atoms with E-state index in [1.165, 1.54) is 4.31 Å². The Labute approximate surface area is 144 Å². The number of carbonyl (C=O) groups is 1. The number of rotatable bonds is 5. The van der Waals surface area contributed by atoms with Crippen LogP contribution < -0.4 is 10.0 Å². The fourth-order valence-corrected chi connectivity index (χ4v) is 4.33. The Hall–Kier alpha value is -1.44. The van der Waals surface area contributed by atoms with Gasteiger partial charge in [0.25, 0.3) is 10.2 Å². The number of nitrogens with zero attached hydrogens (tertiary/aromatic N) is 1. The molecule has 0 unspecified atom stereocenters. The normalized spacial score (nSPS) is 16.6. The van der Waals surface area contributed by atoms with Gasteiger partial charge in [-0.25, -0.2) is 0 Å². The molecular weight excluding hydrogens is 326 g/mol. The number of aryl methyl sites for hydroxylation is 3. The lowest BCUT2D eigenvalue weighted by molar-refractivity contribution is -0.115. The zero-order valence-corrected chi connectivity index (χ0v) is 15.5. The highest BCUT2D eigenvalue weighted by atomic mass is 32.2. The summed E-state index contributed by atoms with van der Waals surface area (Å²) in [6.07, 6.45) is 3.85. The van der Waals surface area contributed by atoms with Crippen molar-refractivity contribution in [2.75, 3.05) is 25.0 Å². The van der Waals surface area contributed by atoms with Crippen LogP contribution in [0.3, 0.4) is 0 Å². The number of anilines is 1. The molecule has 6 nitrogen and oxygen atoms in total. The van der Waals surface area contributed by atoms with Gasteiger partial charge in [-0.15, -0.1) is 0 Å². The largest absolute Gasteiger partial charge is 0.324 e. The Balaban J connectivity index is 1.95. The fourth-order valence-electron chi connectivity index (χ4n) is 3.09. The van der Waals surface area contributed by atoms with Crippen LogP contribution in [0.4, 0.5) is 5.69 Å². The summed E-state index contributed by atoms with van der Waals surface area (Å²) in [5, 5.41) is 2.81. The van der Waals surface area contributed by atoms with Gasteiger partial charge in [-0.3, -0.25) is 4.79 Å². The highest BCUT2D eigenvalue weighted by Crippen LogP contribution is 2.21. The molecule has 1 saturated heterocycles. The third kappa shape index (κ3) is 5.03. The van der Waals surface area contributed by atoms with Crippen LogP contribution in [0.2, 0.25) is 0 Å². The van der Waals surface area contributed by atoms with Gasteiger partial charge in [0.1, 0.15) is 0 Å². The van der Waals surface area contributed by atoms with Gasteiger partial charge in [0.2, 0.25) is 5.91 Å². The van der Waals surface area contributed by atoms with Crippen LogP contribution in [0, 0.1) is 20.8 Å². The quantitative estimate of drug-likeness (QED) is 0.852. The van der Waals surface area contributed by atoms with Crippen molar-refractivity contribution in [1.29, 1.82) is 0 Å². The molecule has 24 heavy (non-hydrogen) atoms. The lowest BCUT2D eigenvalue weighted by Gasteiger charge is -2.20. The van der Waals surface area contributed by atoms with Crippen LogP contribution >= 0.6 is 0 Å². The van der Waals surface area contributed by atoms with Crippen molar-refractivity contribution in [2.45, 2.75) is 46.5 Å². The van der Waals surface area contributed by atoms with Crippen molar-refractivity contribution in [3.05, 3.63) is 28.8 Å². The number of benzene rings is 1. The highest BCUT2D eigenvalue weighted by Gasteiger charge is 2.23. The van der Waals surface area contributed by atoms with Crippen LogP contribution in [0.5, 0.6) is 0 Å². The molecule has 0 bridgehead atoms. The Morgan fingerprint density at radius 2 is 1.58 bits per heavy atom. The second-order valence-electron chi connectivity index (χ2n) is 6.46. The molecule has 0 atom stereocenters. The number of hydrogen-bond acceptors (Lipinski definition) is 3. The molecule has 1 aliphatic rings. The van der Waals surface area contributed by atoms with Gasteiger partial charge in [-0.2, -0.15) is 17.4 Å². The highest BCUT2D eigenvalue weighted by molar-refractivity contribution is 7.87. The molecule has 1 fully saturated rings. The number of hydrogen-bond donors (Lipinski definition) is 2. The van der Waals surface area contributed by atoms with Gasteiger partial charge in [0.05, 0.1) is 6.54 Å². The standard InChI is InChI=1S/C17H27N3O3S/c1-13-10-14(2)17(15(3)11-13)19-16(21)12-18-24(22,23)20-8-6-4-5-7-9-20/h10-11,18H,4-9,12H2,1-3H3,(H,19,21). The molecule has 0 spiro atoms. The monoisotopic (exact) mass is 353 g/mol. The average Bonchev–Trinajstić information content (AvgIpc) is 2.78. The smallest absolute Gasteiger partial charge is 0.279 e. The van der Waals surface area contributed by atoms with Crippen molar-refractivity contribution in [3.63, 3.8) is 0 Å². The van der Waals surface area contributed by atoms with Crippen molar-refractivity contribution in [1.82, 2.24) is 9.03 Å². The lowest BCUT2D eigenvalue weighted by atomic mass is 10.1. The molecule has 1 aliphatic heterocycles. The Morgan fingerprint density at radius 1 is 1.04 bits per heavy atom. The Bertz CT molecular complexity index is 670. The molecular formula is C17H27N3O3S. The maximum atomic E-state index is 12.3. The summed E-state index contributed by atoms with van der Waals surface area (Å²) in [7, 11) is -3.60. The minimum absolute atomic E-state index is 0.258. The van der Waals surface area contributed by atoms with Crippen molar-refractivity contribution in [3.8, 4) is 0 Å². The molecule has 0 radical (unpaired) electrons. The van der Waals surface area contributed by atoms with Crippen molar-refractivity contribution >= 4 is 21.8 Å². The van der Waals surface area contributed by atoms with Crippen LogP contribution in [-0.2, 0) is 15.0 Å². The zero-order chi connectivity index (χ0) is 17.7. The summed E-state index contributed by atoms with van der Waals surface area (Å²) in [5.74, 6) is -0.358. The third-order valence-corrected chi connectivity index (χ3v) is 5.82. The second-order valence-corrected chi connectivity index (χ2v) is 8.22. The SMILES string of the molecule is Cc1cc(C)c(NC(=O)CNS(=O)(=O)N2CCCCCC2)c(C)c1. The molecule has 1 amide bonds. The minimum Gasteiger partial charge on any atom is -0.324 e. The zero-order valence-electron chi connectivity index (χ0n) is 14.7. The van der Waals surface area contributed by atoms with Crippen LogP contribution in [0.25, 0.3) is 0 Å². The van der Waals surface area contributed by atoms with E-state index in [0.717, 1.165) is 48.1 Å². The fraction of sp³-hybridized carbons (Fsp3) is 0.588. The van der Waals surface area contributed by atoms with Gasteiger partial charge < -0.3 is 5.32 Å². The first-order valence-corrected chi connectivity index (χ1v) is 9.86. The first-order valence-electron chi connectivity index (χ1n) is 8.42. The molecule has 0 saturated carbocycles. The van der Waals surface area contributed by atoms with Gasteiger partial charge in [0.15, 0.2) is 0 Å². The van der Waals surface area contributed by atoms with E-state index in [1.807, 2.05) is 32.9 Å². The summed E-state index contributed by atoms with van der Waals surface area (Å²) >= 11 is 0. The Morgan fingerprint density at radius 3 is 2.12 bits per heavy atom. The maximum Gasteiger partial charge on any atom is 0.279 e. The van der Waals surface area contributed by atoms with E-state index < -0.39 is 10.2 Å². The van der Waals surface area contributed by atoms with Crippen molar-refractivity contribution in [2.24, 2.45) is 0 Å². The van der Waals surface area contributed by atoms with E-state index in [4.69, 9.17) is 0 Å². The third-order valence-electron chi connectivity index (χ3n) is 4.26. The van der Waals surface area contributed by atoms with Gasteiger partial charge in [-0.05, 0) is 44.7 Å². The second kappa shape index (κ2) is 8.09. The molecule has 134 valence electrons. The molecule has 1 aromatic rings. The van der Waals surface area contributed by atoms with E-state index in [2.05, 4.69) is 10.0 Å². The number of nitrogens with one attached hydrogen (secondary N) is 2. The summed E-state index contributed by atoms with van der Waals surface area (Å²) < 4.78 is 28.5. The predicted molar refractivity (Wildman–Crippen MR) is 96.2 cm³/mol. The molecule has 1 aromatic carbocycles. The summed E-state index contributed by atoms with van der Waals surface area (Å²) in [5.41, 5.74) is 3.82. The maximum absolute atomic E-state index is 12.3. The van der Waals surface area contributed by atoms with E-state index in [1.54, 1.807) is 0 Å². The van der Waals surface area contributed by atoms with E-state index in [0.29, 0.717) is 13.1 Å². The van der Waals surface area contributed by atoms with Gasteiger partial charge in [0, 0.05) is 18.8 Å². The van der Waals surface area contributed by atoms with Crippen molar-refractivity contribution < 1.29 is 13.2 Å². The van der Waals surface area contributed by atoms with Crippen LogP contribution in [-0.4, -0.2) is 38.3 Å². The first-order chi connectivity index (χ1) is 11.3. The molecule has 1 heterocycles.